The van der Waals surface area contributed by atoms with Crippen LogP contribution in [0.15, 0.2) is 0 Å². The fourth-order valence-electron chi connectivity index (χ4n) is 5.58. The lowest BCUT2D eigenvalue weighted by atomic mass is 9.46. The van der Waals surface area contributed by atoms with Gasteiger partial charge < -0.3 is 11.1 Å². The number of amides is 1. The highest BCUT2D eigenvalue weighted by atomic mass is 16.1. The van der Waals surface area contributed by atoms with E-state index in [0.29, 0.717) is 11.8 Å². The maximum Gasteiger partial charge on any atom is 0.220 e. The number of rotatable bonds is 4. The first-order valence-corrected chi connectivity index (χ1v) is 7.60. The van der Waals surface area contributed by atoms with Crippen LogP contribution in [-0.2, 0) is 4.79 Å². The Hall–Kier alpha value is -0.570. The molecule has 2 atom stereocenters. The number of nitrogens with one attached hydrogen (secondary N) is 1. The van der Waals surface area contributed by atoms with E-state index >= 15 is 0 Å². The summed E-state index contributed by atoms with van der Waals surface area (Å²) in [5, 5.41) is 3.38. The van der Waals surface area contributed by atoms with E-state index in [1.807, 2.05) is 6.92 Å². The summed E-state index contributed by atoms with van der Waals surface area (Å²) >= 11 is 0. The molecule has 0 aromatic rings. The second-order valence-electron chi connectivity index (χ2n) is 7.18. The predicted octanol–water partition coefficient (Wildman–Crippen LogP) is 2.20. The van der Waals surface area contributed by atoms with Gasteiger partial charge in [0.1, 0.15) is 0 Å². The normalized spacial score (nSPS) is 45.2. The van der Waals surface area contributed by atoms with Crippen molar-refractivity contribution in [2.45, 2.75) is 63.8 Å². The van der Waals surface area contributed by atoms with Crippen molar-refractivity contribution in [2.24, 2.45) is 23.0 Å². The number of carbonyl (C=O) groups excluding carboxylic acids is 1. The van der Waals surface area contributed by atoms with E-state index < -0.39 is 0 Å². The molecule has 102 valence electrons. The standard InChI is InChI=1S/C15H26N2O/c1-2-13(18)17-15-8-11-5-12(9-15)7-14(6-11,10-15)3-4-16/h11-12H,2-10,16H2,1H3,(H,17,18). The van der Waals surface area contributed by atoms with Crippen LogP contribution in [0.5, 0.6) is 0 Å². The minimum absolute atomic E-state index is 0.131. The molecule has 18 heavy (non-hydrogen) atoms. The van der Waals surface area contributed by atoms with Gasteiger partial charge in [0.05, 0.1) is 0 Å². The molecule has 4 saturated carbocycles. The average molecular weight is 250 g/mol. The van der Waals surface area contributed by atoms with Crippen LogP contribution < -0.4 is 11.1 Å². The van der Waals surface area contributed by atoms with Crippen LogP contribution in [0.25, 0.3) is 0 Å². The lowest BCUT2D eigenvalue weighted by Crippen LogP contribution is -2.63. The number of hydrogen-bond acceptors (Lipinski definition) is 2. The molecule has 0 heterocycles. The fraction of sp³-hybridized carbons (Fsp3) is 0.933. The van der Waals surface area contributed by atoms with E-state index in [4.69, 9.17) is 5.73 Å². The van der Waals surface area contributed by atoms with Gasteiger partial charge in [0.2, 0.25) is 5.91 Å². The zero-order valence-electron chi connectivity index (χ0n) is 11.5. The van der Waals surface area contributed by atoms with E-state index in [1.54, 1.807) is 0 Å². The summed E-state index contributed by atoms with van der Waals surface area (Å²) in [5.74, 6) is 1.92. The Bertz CT molecular complexity index is 338. The van der Waals surface area contributed by atoms with Gasteiger partial charge in [-0.3, -0.25) is 4.79 Å². The van der Waals surface area contributed by atoms with Crippen LogP contribution in [0.4, 0.5) is 0 Å². The largest absolute Gasteiger partial charge is 0.351 e. The number of nitrogens with two attached hydrogens (primary N) is 1. The first-order valence-electron chi connectivity index (χ1n) is 7.60. The molecule has 4 rings (SSSR count). The second kappa shape index (κ2) is 4.22. The third-order valence-corrected chi connectivity index (χ3v) is 5.58. The maximum absolute atomic E-state index is 11.8. The van der Waals surface area contributed by atoms with Crippen LogP contribution in [0, 0.1) is 17.3 Å². The minimum atomic E-state index is 0.131. The van der Waals surface area contributed by atoms with Crippen molar-refractivity contribution < 1.29 is 4.79 Å². The van der Waals surface area contributed by atoms with E-state index in [9.17, 15) is 4.79 Å². The first-order chi connectivity index (χ1) is 8.59. The molecule has 3 N–H and O–H groups in total. The van der Waals surface area contributed by atoms with Gasteiger partial charge in [0.15, 0.2) is 0 Å². The highest BCUT2D eigenvalue weighted by molar-refractivity contribution is 5.76. The SMILES string of the molecule is CCC(=O)NC12CC3CC(CC(CCN)(C3)C1)C2. The Kier molecular flexibility index (Phi) is 2.92. The molecule has 4 fully saturated rings. The molecule has 0 radical (unpaired) electrons. The third kappa shape index (κ3) is 1.97. The van der Waals surface area contributed by atoms with Crippen molar-refractivity contribution in [1.82, 2.24) is 5.32 Å². The van der Waals surface area contributed by atoms with Crippen LogP contribution in [0.3, 0.4) is 0 Å². The van der Waals surface area contributed by atoms with Crippen molar-refractivity contribution >= 4 is 5.91 Å². The van der Waals surface area contributed by atoms with E-state index in [0.717, 1.165) is 24.8 Å². The lowest BCUT2D eigenvalue weighted by molar-refractivity contribution is -0.131. The zero-order chi connectivity index (χ0) is 12.8. The van der Waals surface area contributed by atoms with Crippen molar-refractivity contribution in [3.63, 3.8) is 0 Å². The quantitative estimate of drug-likeness (QED) is 0.803. The molecule has 4 aliphatic carbocycles. The Balaban J connectivity index is 1.82. The van der Waals surface area contributed by atoms with Crippen LogP contribution in [0.1, 0.15) is 58.3 Å². The summed E-state index contributed by atoms with van der Waals surface area (Å²) in [5.41, 5.74) is 6.42. The highest BCUT2D eigenvalue weighted by Crippen LogP contribution is 2.62. The van der Waals surface area contributed by atoms with Gasteiger partial charge in [-0.2, -0.15) is 0 Å². The van der Waals surface area contributed by atoms with Crippen molar-refractivity contribution in [3.8, 4) is 0 Å². The van der Waals surface area contributed by atoms with E-state index in [-0.39, 0.29) is 11.4 Å². The molecule has 3 nitrogen and oxygen atoms in total. The van der Waals surface area contributed by atoms with Crippen molar-refractivity contribution in [2.75, 3.05) is 6.54 Å². The summed E-state index contributed by atoms with van der Waals surface area (Å²) in [6.07, 6.45) is 9.54. The molecule has 4 bridgehead atoms. The maximum atomic E-state index is 11.8. The van der Waals surface area contributed by atoms with E-state index in [1.165, 1.54) is 38.5 Å². The van der Waals surface area contributed by atoms with Gasteiger partial charge in [0.25, 0.3) is 0 Å². The predicted molar refractivity (Wildman–Crippen MR) is 72.0 cm³/mol. The minimum Gasteiger partial charge on any atom is -0.351 e. The molecule has 0 aromatic carbocycles. The number of hydrogen-bond donors (Lipinski definition) is 2. The smallest absolute Gasteiger partial charge is 0.220 e. The van der Waals surface area contributed by atoms with Crippen molar-refractivity contribution in [1.29, 1.82) is 0 Å². The van der Waals surface area contributed by atoms with Gasteiger partial charge in [-0.15, -0.1) is 0 Å². The van der Waals surface area contributed by atoms with Crippen LogP contribution in [-0.4, -0.2) is 18.0 Å². The van der Waals surface area contributed by atoms with Gasteiger partial charge >= 0.3 is 0 Å². The molecule has 2 unspecified atom stereocenters. The summed E-state index contributed by atoms with van der Waals surface area (Å²) in [4.78, 5) is 11.8. The molecule has 0 aromatic heterocycles. The monoisotopic (exact) mass is 250 g/mol. The lowest BCUT2D eigenvalue weighted by Gasteiger charge is -2.62. The molecular weight excluding hydrogens is 224 g/mol. The zero-order valence-corrected chi connectivity index (χ0v) is 11.5. The number of carbonyl (C=O) groups is 1. The van der Waals surface area contributed by atoms with Gasteiger partial charge in [-0.25, -0.2) is 0 Å². The van der Waals surface area contributed by atoms with Gasteiger partial charge in [0, 0.05) is 12.0 Å². The molecule has 0 saturated heterocycles. The Morgan fingerprint density at radius 3 is 2.50 bits per heavy atom. The second-order valence-corrected chi connectivity index (χ2v) is 7.18. The van der Waals surface area contributed by atoms with Crippen molar-refractivity contribution in [3.05, 3.63) is 0 Å². The summed E-state index contributed by atoms with van der Waals surface area (Å²) in [6.45, 7) is 2.75. The van der Waals surface area contributed by atoms with E-state index in [2.05, 4.69) is 5.32 Å². The molecule has 1 amide bonds. The molecule has 0 spiro atoms. The summed E-state index contributed by atoms with van der Waals surface area (Å²) < 4.78 is 0. The molecule has 4 aliphatic rings. The molecular formula is C15H26N2O. The summed E-state index contributed by atoms with van der Waals surface area (Å²) in [6, 6.07) is 0. The fourth-order valence-corrected chi connectivity index (χ4v) is 5.58. The van der Waals surface area contributed by atoms with Crippen LogP contribution in [0.2, 0.25) is 0 Å². The topological polar surface area (TPSA) is 55.1 Å². The Morgan fingerprint density at radius 1 is 1.28 bits per heavy atom. The van der Waals surface area contributed by atoms with Crippen LogP contribution >= 0.6 is 0 Å². The third-order valence-electron chi connectivity index (χ3n) is 5.58. The molecule has 3 heteroatoms. The Labute approximate surface area is 110 Å². The first kappa shape index (κ1) is 12.5. The average Bonchev–Trinajstić information content (AvgIpc) is 2.26. The van der Waals surface area contributed by atoms with Gasteiger partial charge in [-0.05, 0) is 68.7 Å². The molecule has 0 aliphatic heterocycles. The highest BCUT2D eigenvalue weighted by Gasteiger charge is 2.57. The Morgan fingerprint density at radius 2 is 1.94 bits per heavy atom. The van der Waals surface area contributed by atoms with Gasteiger partial charge in [-0.1, -0.05) is 6.92 Å². The summed E-state index contributed by atoms with van der Waals surface area (Å²) in [7, 11) is 0.